The Morgan fingerprint density at radius 3 is 2.44 bits per heavy atom. The normalized spacial score (nSPS) is 18.3. The van der Waals surface area contributed by atoms with Crippen LogP contribution in [0, 0.1) is 5.92 Å². The lowest BCUT2D eigenvalue weighted by atomic mass is 9.94. The molecule has 0 aromatic carbocycles. The highest BCUT2D eigenvalue weighted by atomic mass is 16.4. The first-order chi connectivity index (χ1) is 8.63. The maximum atomic E-state index is 11.7. The number of nitrogens with one attached hydrogen (secondary N) is 1. The van der Waals surface area contributed by atoms with E-state index in [1.807, 2.05) is 6.92 Å². The summed E-state index contributed by atoms with van der Waals surface area (Å²) >= 11 is 0. The Balaban J connectivity index is 2.24. The number of carbonyl (C=O) groups excluding carboxylic acids is 2. The second-order valence-electron chi connectivity index (χ2n) is 5.25. The average molecular weight is 254 g/mol. The number of hydrogen-bond acceptors (Lipinski definition) is 3. The Labute approximate surface area is 109 Å². The molecule has 1 rings (SSSR count). The summed E-state index contributed by atoms with van der Waals surface area (Å²) in [6, 6.07) is 0.304. The summed E-state index contributed by atoms with van der Waals surface area (Å²) in [7, 11) is 0. The summed E-state index contributed by atoms with van der Waals surface area (Å²) in [6.07, 6.45) is 7.85. The van der Waals surface area contributed by atoms with Gasteiger partial charge in [-0.25, -0.2) is 0 Å². The van der Waals surface area contributed by atoms with Gasteiger partial charge in [0.25, 0.3) is 0 Å². The molecule has 104 valence electrons. The predicted molar refractivity (Wildman–Crippen MR) is 67.7 cm³/mol. The number of aliphatic carboxylic acids is 1. The first-order valence-corrected chi connectivity index (χ1v) is 7.13. The van der Waals surface area contributed by atoms with Gasteiger partial charge in [0.15, 0.2) is 0 Å². The van der Waals surface area contributed by atoms with Crippen molar-refractivity contribution in [1.29, 1.82) is 0 Å². The van der Waals surface area contributed by atoms with Gasteiger partial charge in [-0.05, 0) is 31.6 Å². The van der Waals surface area contributed by atoms with Crippen LogP contribution in [0.5, 0.6) is 0 Å². The van der Waals surface area contributed by atoms with Crippen molar-refractivity contribution in [3.05, 3.63) is 0 Å². The van der Waals surface area contributed by atoms with Crippen LogP contribution in [0.3, 0.4) is 0 Å². The largest absolute Gasteiger partial charge is 0.550 e. The molecule has 1 fully saturated rings. The molecule has 0 heterocycles. The first kappa shape index (κ1) is 15.0. The van der Waals surface area contributed by atoms with Crippen molar-refractivity contribution in [2.75, 3.05) is 0 Å². The van der Waals surface area contributed by atoms with Crippen molar-refractivity contribution in [3.63, 3.8) is 0 Å². The third kappa shape index (κ3) is 5.52. The van der Waals surface area contributed by atoms with E-state index in [0.29, 0.717) is 25.3 Å². The molecule has 0 aromatic heterocycles. The summed E-state index contributed by atoms with van der Waals surface area (Å²) < 4.78 is 0. The summed E-state index contributed by atoms with van der Waals surface area (Å²) in [5.41, 5.74) is 0. The second-order valence-corrected chi connectivity index (χ2v) is 5.25. The van der Waals surface area contributed by atoms with Gasteiger partial charge in [-0.1, -0.05) is 32.6 Å². The highest BCUT2D eigenvalue weighted by Gasteiger charge is 2.17. The van der Waals surface area contributed by atoms with Gasteiger partial charge in [0.05, 0.1) is 0 Å². The maximum absolute atomic E-state index is 11.7. The standard InChI is InChI=1S/C14H25NO3/c1-2-6-11(14(17)18)9-10-13(16)15-12-7-4-3-5-8-12/h11-12H,2-10H2,1H3,(H,15,16)(H,17,18)/p-1/t11-/m1/s1. The van der Waals surface area contributed by atoms with Crippen molar-refractivity contribution in [3.8, 4) is 0 Å². The van der Waals surface area contributed by atoms with Crippen LogP contribution in [0.2, 0.25) is 0 Å². The summed E-state index contributed by atoms with van der Waals surface area (Å²) in [5, 5.41) is 13.9. The van der Waals surface area contributed by atoms with Gasteiger partial charge in [0.1, 0.15) is 0 Å². The van der Waals surface area contributed by atoms with Gasteiger partial charge in [-0.2, -0.15) is 0 Å². The third-order valence-electron chi connectivity index (χ3n) is 3.66. The minimum Gasteiger partial charge on any atom is -0.550 e. The average Bonchev–Trinajstić information content (AvgIpc) is 2.35. The first-order valence-electron chi connectivity index (χ1n) is 7.13. The fourth-order valence-corrected chi connectivity index (χ4v) is 2.58. The second kappa shape index (κ2) is 8.11. The molecule has 0 aromatic rings. The van der Waals surface area contributed by atoms with E-state index < -0.39 is 11.9 Å². The van der Waals surface area contributed by atoms with Crippen LogP contribution in [0.15, 0.2) is 0 Å². The van der Waals surface area contributed by atoms with Crippen LogP contribution >= 0.6 is 0 Å². The molecule has 1 amide bonds. The Bertz CT molecular complexity index is 272. The van der Waals surface area contributed by atoms with Gasteiger partial charge in [-0.15, -0.1) is 0 Å². The molecule has 4 nitrogen and oxygen atoms in total. The van der Waals surface area contributed by atoms with Gasteiger partial charge < -0.3 is 15.2 Å². The minimum absolute atomic E-state index is 0.00995. The Kier molecular flexibility index (Phi) is 6.76. The number of carbonyl (C=O) groups is 2. The van der Waals surface area contributed by atoms with E-state index in [-0.39, 0.29) is 5.91 Å². The number of amides is 1. The number of rotatable bonds is 7. The summed E-state index contributed by atoms with van der Waals surface area (Å²) in [4.78, 5) is 22.6. The van der Waals surface area contributed by atoms with E-state index >= 15 is 0 Å². The zero-order chi connectivity index (χ0) is 13.4. The van der Waals surface area contributed by atoms with Crippen LogP contribution in [0.25, 0.3) is 0 Å². The van der Waals surface area contributed by atoms with Gasteiger partial charge in [-0.3, -0.25) is 4.79 Å². The smallest absolute Gasteiger partial charge is 0.220 e. The van der Waals surface area contributed by atoms with E-state index in [4.69, 9.17) is 0 Å². The minimum atomic E-state index is -1.03. The summed E-state index contributed by atoms with van der Waals surface area (Å²) in [6.45, 7) is 1.94. The van der Waals surface area contributed by atoms with Crippen LogP contribution in [-0.2, 0) is 9.59 Å². The highest BCUT2D eigenvalue weighted by Crippen LogP contribution is 2.18. The lowest BCUT2D eigenvalue weighted by Crippen LogP contribution is -2.37. The van der Waals surface area contributed by atoms with Crippen molar-refractivity contribution < 1.29 is 14.7 Å². The van der Waals surface area contributed by atoms with Gasteiger partial charge >= 0.3 is 0 Å². The summed E-state index contributed by atoms with van der Waals surface area (Å²) in [5.74, 6) is -1.52. The van der Waals surface area contributed by atoms with Crippen LogP contribution in [-0.4, -0.2) is 17.9 Å². The molecule has 0 bridgehead atoms. The van der Waals surface area contributed by atoms with E-state index in [0.717, 1.165) is 19.3 Å². The fourth-order valence-electron chi connectivity index (χ4n) is 2.58. The SMILES string of the molecule is CCC[C@H](CCC(=O)NC1CCCCC1)C(=O)[O-]. The molecule has 1 atom stereocenters. The van der Waals surface area contributed by atoms with Gasteiger partial charge in [0, 0.05) is 18.4 Å². The molecule has 1 aliphatic rings. The number of carboxylic acids is 1. The lowest BCUT2D eigenvalue weighted by Gasteiger charge is -2.23. The Morgan fingerprint density at radius 1 is 1.22 bits per heavy atom. The van der Waals surface area contributed by atoms with Crippen molar-refractivity contribution in [1.82, 2.24) is 5.32 Å². The molecular weight excluding hydrogens is 230 g/mol. The van der Waals surface area contributed by atoms with Crippen LogP contribution in [0.4, 0.5) is 0 Å². The van der Waals surface area contributed by atoms with E-state index in [1.165, 1.54) is 19.3 Å². The topological polar surface area (TPSA) is 69.2 Å². The molecule has 1 N–H and O–H groups in total. The molecule has 0 unspecified atom stereocenters. The van der Waals surface area contributed by atoms with E-state index in [2.05, 4.69) is 5.32 Å². The monoisotopic (exact) mass is 254 g/mol. The fraction of sp³-hybridized carbons (Fsp3) is 0.857. The molecule has 0 saturated heterocycles. The molecular formula is C14H24NO3-. The zero-order valence-electron chi connectivity index (χ0n) is 11.2. The molecule has 0 aliphatic heterocycles. The molecule has 1 aliphatic carbocycles. The number of carboxylic acid groups (broad SMARTS) is 1. The molecule has 0 radical (unpaired) electrons. The lowest BCUT2D eigenvalue weighted by molar-refractivity contribution is -0.312. The van der Waals surface area contributed by atoms with Crippen molar-refractivity contribution in [2.24, 2.45) is 5.92 Å². The molecule has 1 saturated carbocycles. The highest BCUT2D eigenvalue weighted by molar-refractivity contribution is 5.77. The Hall–Kier alpha value is -1.06. The molecule has 18 heavy (non-hydrogen) atoms. The van der Waals surface area contributed by atoms with Crippen LogP contribution < -0.4 is 10.4 Å². The quantitative estimate of drug-likeness (QED) is 0.746. The van der Waals surface area contributed by atoms with Crippen molar-refractivity contribution in [2.45, 2.75) is 70.8 Å². The van der Waals surface area contributed by atoms with Gasteiger partial charge in [0.2, 0.25) is 5.91 Å². The van der Waals surface area contributed by atoms with E-state index in [1.54, 1.807) is 0 Å². The third-order valence-corrected chi connectivity index (χ3v) is 3.66. The number of hydrogen-bond donors (Lipinski definition) is 1. The predicted octanol–water partition coefficient (Wildman–Crippen LogP) is 1.38. The van der Waals surface area contributed by atoms with Crippen LogP contribution in [0.1, 0.15) is 64.7 Å². The molecule has 4 heteroatoms. The molecule has 0 spiro atoms. The zero-order valence-corrected chi connectivity index (χ0v) is 11.2. The maximum Gasteiger partial charge on any atom is 0.220 e. The van der Waals surface area contributed by atoms with Crippen molar-refractivity contribution >= 4 is 11.9 Å². The van der Waals surface area contributed by atoms with E-state index in [9.17, 15) is 14.7 Å². The Morgan fingerprint density at radius 2 is 1.89 bits per heavy atom.